The van der Waals surface area contributed by atoms with Crippen LogP contribution in [0.3, 0.4) is 0 Å². The summed E-state index contributed by atoms with van der Waals surface area (Å²) in [5, 5.41) is 8.91. The molecule has 0 atom stereocenters. The van der Waals surface area contributed by atoms with Gasteiger partial charge in [0.2, 0.25) is 0 Å². The average molecular weight is 234 g/mol. The number of nitrogens with zero attached hydrogens (tertiary/aromatic N) is 1. The molecule has 1 aliphatic rings. The smallest absolute Gasteiger partial charge is 0.337 e. The summed E-state index contributed by atoms with van der Waals surface area (Å²) in [5.74, 6) is -0.976. The van der Waals surface area contributed by atoms with E-state index in [9.17, 15) is 4.79 Å². The summed E-state index contributed by atoms with van der Waals surface area (Å²) in [6.45, 7) is 6.46. The normalized spacial score (nSPS) is 18.4. The fourth-order valence-corrected chi connectivity index (χ4v) is 2.27. The number of hydrogen-bond acceptors (Lipinski definition) is 3. The van der Waals surface area contributed by atoms with Gasteiger partial charge in [-0.2, -0.15) is 0 Å². The molecule has 0 amide bonds. The second-order valence-electron chi connectivity index (χ2n) is 5.41. The highest BCUT2D eigenvalue weighted by molar-refractivity contribution is 5.94. The van der Waals surface area contributed by atoms with Crippen LogP contribution in [-0.2, 0) is 0 Å². The van der Waals surface area contributed by atoms with Crippen LogP contribution in [0.1, 0.15) is 30.6 Å². The SMILES string of the molecule is CC1(C)CCN(c2ccc(C(=O)O)c(N)c2)C1. The van der Waals surface area contributed by atoms with Gasteiger partial charge in [0.05, 0.1) is 5.56 Å². The van der Waals surface area contributed by atoms with Crippen LogP contribution >= 0.6 is 0 Å². The van der Waals surface area contributed by atoms with Crippen molar-refractivity contribution >= 4 is 17.3 Å². The van der Waals surface area contributed by atoms with E-state index in [1.54, 1.807) is 12.1 Å². The Morgan fingerprint density at radius 3 is 2.65 bits per heavy atom. The zero-order valence-corrected chi connectivity index (χ0v) is 10.2. The Balaban J connectivity index is 2.24. The number of carboxylic acid groups (broad SMARTS) is 1. The van der Waals surface area contributed by atoms with Gasteiger partial charge in [-0.15, -0.1) is 0 Å². The molecule has 2 rings (SSSR count). The van der Waals surface area contributed by atoms with Gasteiger partial charge >= 0.3 is 5.97 Å². The lowest BCUT2D eigenvalue weighted by Gasteiger charge is -2.22. The van der Waals surface area contributed by atoms with E-state index in [2.05, 4.69) is 18.7 Å². The molecule has 1 aromatic rings. The summed E-state index contributed by atoms with van der Waals surface area (Å²) in [7, 11) is 0. The van der Waals surface area contributed by atoms with Gasteiger partial charge in [0.25, 0.3) is 0 Å². The second kappa shape index (κ2) is 3.95. The Bertz CT molecular complexity index is 455. The summed E-state index contributed by atoms with van der Waals surface area (Å²) >= 11 is 0. The molecule has 0 saturated carbocycles. The number of nitrogen functional groups attached to an aromatic ring is 1. The van der Waals surface area contributed by atoms with Crippen molar-refractivity contribution in [2.45, 2.75) is 20.3 Å². The first-order valence-electron chi connectivity index (χ1n) is 5.77. The van der Waals surface area contributed by atoms with Crippen molar-refractivity contribution in [2.24, 2.45) is 5.41 Å². The van der Waals surface area contributed by atoms with Gasteiger partial charge in [-0.1, -0.05) is 13.8 Å². The molecule has 0 spiro atoms. The van der Waals surface area contributed by atoms with Crippen LogP contribution in [0.25, 0.3) is 0 Å². The predicted octanol–water partition coefficient (Wildman–Crippen LogP) is 2.20. The van der Waals surface area contributed by atoms with Crippen LogP contribution < -0.4 is 10.6 Å². The first-order valence-corrected chi connectivity index (χ1v) is 5.77. The molecular weight excluding hydrogens is 216 g/mol. The maximum Gasteiger partial charge on any atom is 0.337 e. The van der Waals surface area contributed by atoms with E-state index in [1.165, 1.54) is 0 Å². The van der Waals surface area contributed by atoms with Gasteiger partial charge in [0, 0.05) is 24.5 Å². The van der Waals surface area contributed by atoms with Crippen molar-refractivity contribution in [3.63, 3.8) is 0 Å². The first kappa shape index (κ1) is 11.8. The molecular formula is C13H18N2O2. The molecule has 1 saturated heterocycles. The summed E-state index contributed by atoms with van der Waals surface area (Å²) in [6, 6.07) is 5.17. The molecule has 17 heavy (non-hydrogen) atoms. The highest BCUT2D eigenvalue weighted by Gasteiger charge is 2.29. The number of rotatable bonds is 2. The Hall–Kier alpha value is -1.71. The van der Waals surface area contributed by atoms with E-state index < -0.39 is 5.97 Å². The van der Waals surface area contributed by atoms with Crippen molar-refractivity contribution in [3.8, 4) is 0 Å². The Kier molecular flexibility index (Phi) is 2.73. The fourth-order valence-electron chi connectivity index (χ4n) is 2.27. The van der Waals surface area contributed by atoms with Crippen molar-refractivity contribution in [2.75, 3.05) is 23.7 Å². The molecule has 0 radical (unpaired) electrons. The molecule has 92 valence electrons. The zero-order valence-electron chi connectivity index (χ0n) is 10.2. The molecule has 0 aromatic heterocycles. The van der Waals surface area contributed by atoms with E-state index in [1.807, 2.05) is 6.07 Å². The Labute approximate surface area is 101 Å². The minimum absolute atomic E-state index is 0.173. The van der Waals surface area contributed by atoms with Crippen molar-refractivity contribution in [1.29, 1.82) is 0 Å². The summed E-state index contributed by atoms with van der Waals surface area (Å²) in [4.78, 5) is 13.1. The fraction of sp³-hybridized carbons (Fsp3) is 0.462. The molecule has 0 aliphatic carbocycles. The predicted molar refractivity (Wildman–Crippen MR) is 68.4 cm³/mol. The van der Waals surface area contributed by atoms with Gasteiger partial charge in [-0.3, -0.25) is 0 Å². The maximum atomic E-state index is 10.9. The largest absolute Gasteiger partial charge is 0.478 e. The van der Waals surface area contributed by atoms with Crippen molar-refractivity contribution in [3.05, 3.63) is 23.8 Å². The van der Waals surface area contributed by atoms with Crippen LogP contribution in [0.4, 0.5) is 11.4 Å². The van der Waals surface area contributed by atoms with E-state index in [0.717, 1.165) is 25.2 Å². The number of carbonyl (C=O) groups is 1. The van der Waals surface area contributed by atoms with Gasteiger partial charge in [-0.25, -0.2) is 4.79 Å². The van der Waals surface area contributed by atoms with Gasteiger partial charge in [0.15, 0.2) is 0 Å². The molecule has 4 heteroatoms. The van der Waals surface area contributed by atoms with Crippen LogP contribution in [0, 0.1) is 5.41 Å². The quantitative estimate of drug-likeness (QED) is 0.770. The van der Waals surface area contributed by atoms with Crippen molar-refractivity contribution in [1.82, 2.24) is 0 Å². The van der Waals surface area contributed by atoms with Crippen LogP contribution in [0.5, 0.6) is 0 Å². The number of anilines is 2. The third-order valence-corrected chi connectivity index (χ3v) is 3.31. The van der Waals surface area contributed by atoms with Crippen LogP contribution in [-0.4, -0.2) is 24.2 Å². The van der Waals surface area contributed by atoms with Crippen LogP contribution in [0.15, 0.2) is 18.2 Å². The molecule has 4 nitrogen and oxygen atoms in total. The Morgan fingerprint density at radius 1 is 1.47 bits per heavy atom. The number of nitrogens with two attached hydrogens (primary N) is 1. The van der Waals surface area contributed by atoms with E-state index in [-0.39, 0.29) is 5.56 Å². The third kappa shape index (κ3) is 2.35. The standard InChI is InChI=1S/C13H18N2O2/c1-13(2)5-6-15(8-13)9-3-4-10(12(16)17)11(14)7-9/h3-4,7H,5-6,8,14H2,1-2H3,(H,16,17). The topological polar surface area (TPSA) is 66.6 Å². The number of aromatic carboxylic acids is 1. The minimum Gasteiger partial charge on any atom is -0.478 e. The highest BCUT2D eigenvalue weighted by Crippen LogP contribution is 2.33. The lowest BCUT2D eigenvalue weighted by atomic mass is 9.93. The number of benzene rings is 1. The summed E-state index contributed by atoms with van der Waals surface area (Å²) < 4.78 is 0. The molecule has 1 heterocycles. The van der Waals surface area contributed by atoms with E-state index in [0.29, 0.717) is 11.1 Å². The molecule has 1 aromatic carbocycles. The maximum absolute atomic E-state index is 10.9. The van der Waals surface area contributed by atoms with Gasteiger partial charge in [-0.05, 0) is 30.0 Å². The van der Waals surface area contributed by atoms with Gasteiger partial charge in [0.1, 0.15) is 0 Å². The Morgan fingerprint density at radius 2 is 2.18 bits per heavy atom. The molecule has 3 N–H and O–H groups in total. The molecule has 0 bridgehead atoms. The summed E-state index contributed by atoms with van der Waals surface area (Å²) in [6.07, 6.45) is 1.15. The van der Waals surface area contributed by atoms with E-state index >= 15 is 0 Å². The lowest BCUT2D eigenvalue weighted by Crippen LogP contribution is -2.22. The van der Waals surface area contributed by atoms with Crippen molar-refractivity contribution < 1.29 is 9.90 Å². The average Bonchev–Trinajstić information content (AvgIpc) is 2.58. The van der Waals surface area contributed by atoms with Crippen LogP contribution in [0.2, 0.25) is 0 Å². The third-order valence-electron chi connectivity index (χ3n) is 3.31. The van der Waals surface area contributed by atoms with Gasteiger partial charge < -0.3 is 15.7 Å². The summed E-state index contributed by atoms with van der Waals surface area (Å²) in [5.41, 5.74) is 7.59. The molecule has 0 unspecified atom stereocenters. The lowest BCUT2D eigenvalue weighted by molar-refractivity contribution is 0.0698. The minimum atomic E-state index is -0.976. The molecule has 1 aliphatic heterocycles. The monoisotopic (exact) mass is 234 g/mol. The second-order valence-corrected chi connectivity index (χ2v) is 5.41. The molecule has 1 fully saturated rings. The number of hydrogen-bond donors (Lipinski definition) is 2. The van der Waals surface area contributed by atoms with E-state index in [4.69, 9.17) is 10.8 Å². The highest BCUT2D eigenvalue weighted by atomic mass is 16.4. The first-order chi connectivity index (χ1) is 7.89. The number of carboxylic acids is 1. The zero-order chi connectivity index (χ0) is 12.6.